The van der Waals surface area contributed by atoms with E-state index in [1.165, 1.54) is 0 Å². The van der Waals surface area contributed by atoms with Gasteiger partial charge in [-0.2, -0.15) is 0 Å². The van der Waals surface area contributed by atoms with Crippen molar-refractivity contribution in [2.75, 3.05) is 5.32 Å². The number of hydrogen-bond donors (Lipinski definition) is 1. The fourth-order valence-electron chi connectivity index (χ4n) is 2.99. The van der Waals surface area contributed by atoms with Crippen LogP contribution in [0.5, 0.6) is 0 Å². The Kier molecular flexibility index (Phi) is 3.47. The second-order valence-electron chi connectivity index (χ2n) is 5.57. The van der Waals surface area contributed by atoms with Crippen LogP contribution >= 0.6 is 11.6 Å². The second-order valence-corrected chi connectivity index (χ2v) is 5.95. The summed E-state index contributed by atoms with van der Waals surface area (Å²) in [7, 11) is 1.84. The lowest BCUT2D eigenvalue weighted by Gasteiger charge is -2.09. The maximum atomic E-state index is 12.8. The topological polar surface area (TPSA) is 46.9 Å². The number of amides is 1. The van der Waals surface area contributed by atoms with E-state index >= 15 is 0 Å². The minimum Gasteiger partial charge on any atom is -0.338 e. The molecule has 0 aliphatic carbocycles. The van der Waals surface area contributed by atoms with Crippen LogP contribution in [0, 0.1) is 0 Å². The first-order valence-corrected chi connectivity index (χ1v) is 7.92. The number of nitrogens with zero attached hydrogens (tertiary/aromatic N) is 2. The van der Waals surface area contributed by atoms with Gasteiger partial charge in [-0.15, -0.1) is 0 Å². The van der Waals surface area contributed by atoms with Crippen molar-refractivity contribution in [1.29, 1.82) is 0 Å². The summed E-state index contributed by atoms with van der Waals surface area (Å²) in [6.45, 7) is 0. The molecule has 2 aromatic heterocycles. The number of fused-ring (bicyclic) bond motifs is 2. The molecule has 2 aromatic carbocycles. The fraction of sp³-hybridized carbons (Fsp3) is 0.0526. The van der Waals surface area contributed by atoms with Gasteiger partial charge in [-0.3, -0.25) is 9.78 Å². The summed E-state index contributed by atoms with van der Waals surface area (Å²) >= 11 is 6.45. The van der Waals surface area contributed by atoms with Gasteiger partial charge in [-0.1, -0.05) is 35.9 Å². The van der Waals surface area contributed by atoms with Crippen molar-refractivity contribution < 1.29 is 4.79 Å². The van der Waals surface area contributed by atoms with Gasteiger partial charge < -0.3 is 9.88 Å². The van der Waals surface area contributed by atoms with Gasteiger partial charge in [0.25, 0.3) is 5.91 Å². The molecule has 0 saturated heterocycles. The molecule has 0 unspecified atom stereocenters. The summed E-state index contributed by atoms with van der Waals surface area (Å²) in [5, 5.41) is 5.18. The van der Waals surface area contributed by atoms with Crippen molar-refractivity contribution in [1.82, 2.24) is 9.55 Å². The Labute approximate surface area is 143 Å². The van der Waals surface area contributed by atoms with E-state index in [1.807, 2.05) is 66.2 Å². The van der Waals surface area contributed by atoms with Crippen molar-refractivity contribution in [3.8, 4) is 0 Å². The highest BCUT2D eigenvalue weighted by molar-refractivity contribution is 6.39. The quantitative estimate of drug-likeness (QED) is 0.580. The average Bonchev–Trinajstić information content (AvgIpc) is 2.87. The molecule has 0 bridgehead atoms. The van der Waals surface area contributed by atoms with Crippen LogP contribution in [0.15, 0.2) is 60.8 Å². The number of carbonyl (C=O) groups is 1. The van der Waals surface area contributed by atoms with Crippen molar-refractivity contribution in [3.63, 3.8) is 0 Å². The van der Waals surface area contributed by atoms with Crippen molar-refractivity contribution in [3.05, 3.63) is 71.5 Å². The largest absolute Gasteiger partial charge is 0.338 e. The third kappa shape index (κ3) is 2.23. The minimum atomic E-state index is -0.241. The second kappa shape index (κ2) is 5.65. The minimum absolute atomic E-state index is 0.241. The van der Waals surface area contributed by atoms with Crippen molar-refractivity contribution in [2.45, 2.75) is 0 Å². The molecule has 0 fully saturated rings. The number of nitrogens with one attached hydrogen (secondary N) is 1. The van der Waals surface area contributed by atoms with E-state index in [4.69, 9.17) is 11.6 Å². The summed E-state index contributed by atoms with van der Waals surface area (Å²) in [6.07, 6.45) is 1.73. The van der Waals surface area contributed by atoms with Crippen molar-refractivity contribution >= 4 is 45.0 Å². The van der Waals surface area contributed by atoms with Crippen LogP contribution in [0.4, 0.5) is 5.69 Å². The maximum Gasteiger partial charge on any atom is 0.273 e. The van der Waals surface area contributed by atoms with Gasteiger partial charge in [0.05, 0.1) is 16.2 Å². The zero-order valence-corrected chi connectivity index (χ0v) is 13.7. The van der Waals surface area contributed by atoms with Gasteiger partial charge in [0.1, 0.15) is 5.69 Å². The van der Waals surface area contributed by atoms with Gasteiger partial charge >= 0.3 is 0 Å². The Morgan fingerprint density at radius 3 is 2.67 bits per heavy atom. The fourth-order valence-corrected chi connectivity index (χ4v) is 3.37. The molecule has 5 heteroatoms. The van der Waals surface area contributed by atoms with Crippen LogP contribution in [0.25, 0.3) is 21.8 Å². The lowest BCUT2D eigenvalue weighted by molar-refractivity contribution is 0.102. The van der Waals surface area contributed by atoms with Gasteiger partial charge in [-0.25, -0.2) is 0 Å². The standard InChI is InChI=1S/C19H14ClN3O/c1-23-16-10-3-2-6-13(16)17(20)18(23)19(24)22-15-9-4-8-14-12(15)7-5-11-21-14/h2-11H,1H3,(H,22,24). The lowest BCUT2D eigenvalue weighted by atomic mass is 10.2. The Balaban J connectivity index is 1.80. The summed E-state index contributed by atoms with van der Waals surface area (Å²) in [4.78, 5) is 17.1. The van der Waals surface area contributed by atoms with Crippen LogP contribution in [0.2, 0.25) is 5.02 Å². The summed E-state index contributed by atoms with van der Waals surface area (Å²) in [6, 6.07) is 17.1. The van der Waals surface area contributed by atoms with E-state index in [-0.39, 0.29) is 5.91 Å². The molecule has 0 aliphatic heterocycles. The number of pyridine rings is 1. The molecular weight excluding hydrogens is 322 g/mol. The van der Waals surface area contributed by atoms with Gasteiger partial charge in [0, 0.05) is 29.5 Å². The van der Waals surface area contributed by atoms with E-state index in [0.29, 0.717) is 16.4 Å². The van der Waals surface area contributed by atoms with E-state index in [0.717, 1.165) is 21.8 Å². The Morgan fingerprint density at radius 1 is 1.04 bits per heavy atom. The van der Waals surface area contributed by atoms with E-state index < -0.39 is 0 Å². The molecule has 24 heavy (non-hydrogen) atoms. The number of rotatable bonds is 2. The third-order valence-corrected chi connectivity index (χ3v) is 4.54. The highest BCUT2D eigenvalue weighted by atomic mass is 35.5. The Hall–Kier alpha value is -2.85. The summed E-state index contributed by atoms with van der Waals surface area (Å²) in [5.74, 6) is -0.241. The van der Waals surface area contributed by atoms with Gasteiger partial charge in [0.2, 0.25) is 0 Å². The van der Waals surface area contributed by atoms with Crippen LogP contribution in [0.1, 0.15) is 10.5 Å². The predicted molar refractivity (Wildman–Crippen MR) is 97.6 cm³/mol. The number of hydrogen-bond acceptors (Lipinski definition) is 2. The zero-order valence-electron chi connectivity index (χ0n) is 13.0. The molecule has 4 nitrogen and oxygen atoms in total. The monoisotopic (exact) mass is 335 g/mol. The van der Waals surface area contributed by atoms with Crippen molar-refractivity contribution in [2.24, 2.45) is 7.05 Å². The number of para-hydroxylation sites is 1. The molecule has 118 valence electrons. The number of anilines is 1. The third-order valence-electron chi connectivity index (χ3n) is 4.15. The highest BCUT2D eigenvalue weighted by Gasteiger charge is 2.20. The number of aromatic nitrogens is 2. The zero-order chi connectivity index (χ0) is 16.7. The first kappa shape index (κ1) is 14.7. The normalized spacial score (nSPS) is 11.1. The molecular formula is C19H14ClN3O. The summed E-state index contributed by atoms with van der Waals surface area (Å²) < 4.78 is 1.82. The lowest BCUT2D eigenvalue weighted by Crippen LogP contribution is -2.16. The molecule has 1 N–H and O–H groups in total. The summed E-state index contributed by atoms with van der Waals surface area (Å²) in [5.41, 5.74) is 2.91. The first-order valence-electron chi connectivity index (χ1n) is 7.55. The number of aryl methyl sites for hydroxylation is 1. The van der Waals surface area contributed by atoms with E-state index in [9.17, 15) is 4.79 Å². The average molecular weight is 336 g/mol. The van der Waals surface area contributed by atoms with Crippen LogP contribution in [0.3, 0.4) is 0 Å². The molecule has 0 spiro atoms. The molecule has 4 rings (SSSR count). The van der Waals surface area contributed by atoms with Crippen LogP contribution in [-0.4, -0.2) is 15.5 Å². The predicted octanol–water partition coefficient (Wildman–Crippen LogP) is 4.63. The molecule has 0 aliphatic rings. The van der Waals surface area contributed by atoms with E-state index in [1.54, 1.807) is 6.20 Å². The smallest absolute Gasteiger partial charge is 0.273 e. The molecule has 0 radical (unpaired) electrons. The first-order chi connectivity index (χ1) is 11.7. The Morgan fingerprint density at radius 2 is 1.83 bits per heavy atom. The number of benzene rings is 2. The van der Waals surface area contributed by atoms with Crippen LogP contribution < -0.4 is 5.32 Å². The molecule has 2 heterocycles. The molecule has 4 aromatic rings. The van der Waals surface area contributed by atoms with Gasteiger partial charge in [-0.05, 0) is 30.3 Å². The molecule has 0 saturated carbocycles. The maximum absolute atomic E-state index is 12.8. The SMILES string of the molecule is Cn1c(C(=O)Nc2cccc3ncccc23)c(Cl)c2ccccc21. The Bertz CT molecular complexity index is 1040. The van der Waals surface area contributed by atoms with Crippen LogP contribution in [-0.2, 0) is 7.05 Å². The number of carbonyl (C=O) groups excluding carboxylic acids is 1. The number of halogens is 1. The van der Waals surface area contributed by atoms with Gasteiger partial charge in [0.15, 0.2) is 0 Å². The molecule has 0 atom stereocenters. The van der Waals surface area contributed by atoms with E-state index in [2.05, 4.69) is 10.3 Å². The highest BCUT2D eigenvalue weighted by Crippen LogP contribution is 2.31. The molecule has 1 amide bonds.